The van der Waals surface area contributed by atoms with Gasteiger partial charge in [-0.15, -0.1) is 11.3 Å². The van der Waals surface area contributed by atoms with E-state index in [0.717, 1.165) is 16.0 Å². The van der Waals surface area contributed by atoms with E-state index in [4.69, 9.17) is 0 Å². The minimum Gasteiger partial charge on any atom is -0.192 e. The minimum absolute atomic E-state index is 0.789. The van der Waals surface area contributed by atoms with Crippen molar-refractivity contribution in [1.82, 2.24) is 0 Å². The summed E-state index contributed by atoms with van der Waals surface area (Å²) < 4.78 is 1.17. The fourth-order valence-corrected chi connectivity index (χ4v) is 3.04. The molecule has 0 atom stereocenters. The highest BCUT2D eigenvalue weighted by molar-refractivity contribution is 7.20. The van der Waals surface area contributed by atoms with E-state index in [-0.39, 0.29) is 0 Å². The molecule has 3 rings (SSSR count). The van der Waals surface area contributed by atoms with Crippen molar-refractivity contribution in [2.24, 2.45) is 0 Å². The highest BCUT2D eigenvalue weighted by atomic mass is 32.1. The molecule has 3 aromatic rings. The lowest BCUT2D eigenvalue weighted by Crippen LogP contribution is -1.77. The predicted molar refractivity (Wildman–Crippen MR) is 72.0 cm³/mol. The smallest absolute Gasteiger partial charge is 0.113 e. The summed E-state index contributed by atoms with van der Waals surface area (Å²) in [6.45, 7) is 0. The summed E-state index contributed by atoms with van der Waals surface area (Å²) >= 11 is 1.56. The van der Waals surface area contributed by atoms with Gasteiger partial charge in [0.1, 0.15) is 10.9 Å². The van der Waals surface area contributed by atoms with Crippen LogP contribution in [0.4, 0.5) is 0 Å². The number of hydrogen-bond donors (Lipinski definition) is 0. The van der Waals surface area contributed by atoms with Crippen LogP contribution in [-0.2, 0) is 0 Å². The Labute approximate surface area is 104 Å². The molecule has 0 aliphatic rings. The molecule has 2 heteroatoms. The van der Waals surface area contributed by atoms with Gasteiger partial charge in [-0.3, -0.25) is 0 Å². The topological polar surface area (TPSA) is 23.8 Å². The summed E-state index contributed by atoms with van der Waals surface area (Å²) in [6.07, 6.45) is 0. The molecule has 1 heterocycles. The molecule has 0 saturated heterocycles. The number of hydrogen-bond acceptors (Lipinski definition) is 2. The fraction of sp³-hybridized carbons (Fsp3) is 0. The molecule has 80 valence electrons. The predicted octanol–water partition coefficient (Wildman–Crippen LogP) is 4.44. The van der Waals surface area contributed by atoms with Crippen molar-refractivity contribution in [3.05, 3.63) is 59.5 Å². The lowest BCUT2D eigenvalue weighted by Gasteiger charge is -1.99. The Morgan fingerprint density at radius 3 is 2.35 bits per heavy atom. The highest BCUT2D eigenvalue weighted by Crippen LogP contribution is 2.37. The van der Waals surface area contributed by atoms with Gasteiger partial charge in [-0.2, -0.15) is 5.26 Å². The van der Waals surface area contributed by atoms with Gasteiger partial charge in [0, 0.05) is 15.6 Å². The number of rotatable bonds is 1. The maximum absolute atomic E-state index is 9.24. The molecule has 1 nitrogen and oxygen atoms in total. The van der Waals surface area contributed by atoms with Gasteiger partial charge in [0.05, 0.1) is 0 Å². The second kappa shape index (κ2) is 4.04. The molecule has 0 N–H and O–H groups in total. The zero-order valence-electron chi connectivity index (χ0n) is 9.05. The Bertz CT molecular complexity index is 705. The molecular formula is C15H9NS. The Morgan fingerprint density at radius 1 is 0.882 bits per heavy atom. The van der Waals surface area contributed by atoms with Crippen LogP contribution in [0.25, 0.3) is 21.2 Å². The monoisotopic (exact) mass is 235 g/mol. The number of fused-ring (bicyclic) bond motifs is 1. The molecule has 0 aliphatic heterocycles. The van der Waals surface area contributed by atoms with E-state index in [2.05, 4.69) is 30.3 Å². The first kappa shape index (κ1) is 10.1. The van der Waals surface area contributed by atoms with E-state index in [0.29, 0.717) is 0 Å². The average molecular weight is 235 g/mol. The molecule has 0 spiro atoms. The first-order chi connectivity index (χ1) is 8.40. The molecule has 0 amide bonds. The van der Waals surface area contributed by atoms with Crippen LogP contribution in [0.5, 0.6) is 0 Å². The van der Waals surface area contributed by atoms with Gasteiger partial charge in [-0.25, -0.2) is 0 Å². The lowest BCUT2D eigenvalue weighted by atomic mass is 10.0. The van der Waals surface area contributed by atoms with Gasteiger partial charge in [-0.1, -0.05) is 48.5 Å². The normalized spacial score (nSPS) is 10.3. The first-order valence-corrected chi connectivity index (χ1v) is 6.19. The van der Waals surface area contributed by atoms with Crippen LogP contribution in [-0.4, -0.2) is 0 Å². The van der Waals surface area contributed by atoms with Gasteiger partial charge in [0.15, 0.2) is 0 Å². The fourth-order valence-electron chi connectivity index (χ4n) is 2.02. The summed E-state index contributed by atoms with van der Waals surface area (Å²) in [5, 5.41) is 10.4. The van der Waals surface area contributed by atoms with E-state index in [1.165, 1.54) is 10.1 Å². The van der Waals surface area contributed by atoms with Gasteiger partial charge in [0.25, 0.3) is 0 Å². The summed E-state index contributed by atoms with van der Waals surface area (Å²) in [6, 6.07) is 20.6. The van der Waals surface area contributed by atoms with E-state index in [1.807, 2.05) is 30.3 Å². The van der Waals surface area contributed by atoms with Crippen LogP contribution in [0.2, 0.25) is 0 Å². The molecule has 1 aromatic heterocycles. The van der Waals surface area contributed by atoms with Crippen molar-refractivity contribution in [1.29, 1.82) is 5.26 Å². The number of thiophene rings is 1. The molecular weight excluding hydrogens is 226 g/mol. The summed E-state index contributed by atoms with van der Waals surface area (Å²) in [4.78, 5) is 0.789. The van der Waals surface area contributed by atoms with Crippen LogP contribution < -0.4 is 0 Å². The Kier molecular flexibility index (Phi) is 2.40. The number of nitrogens with zero attached hydrogens (tertiary/aromatic N) is 1. The zero-order chi connectivity index (χ0) is 11.7. The van der Waals surface area contributed by atoms with E-state index >= 15 is 0 Å². The molecule has 0 unspecified atom stereocenters. The van der Waals surface area contributed by atoms with Gasteiger partial charge in [0.2, 0.25) is 0 Å². The molecule has 0 radical (unpaired) electrons. The summed E-state index contributed by atoms with van der Waals surface area (Å²) in [5.41, 5.74) is 2.18. The van der Waals surface area contributed by atoms with Crippen molar-refractivity contribution in [2.45, 2.75) is 0 Å². The van der Waals surface area contributed by atoms with Crippen LogP contribution in [0.15, 0.2) is 54.6 Å². The number of nitriles is 1. The average Bonchev–Trinajstić information content (AvgIpc) is 2.78. The van der Waals surface area contributed by atoms with E-state index in [1.54, 1.807) is 11.3 Å². The second-order valence-corrected chi connectivity index (χ2v) is 4.83. The largest absolute Gasteiger partial charge is 0.192 e. The van der Waals surface area contributed by atoms with Crippen molar-refractivity contribution in [2.75, 3.05) is 0 Å². The lowest BCUT2D eigenvalue weighted by molar-refractivity contribution is 1.52. The van der Waals surface area contributed by atoms with E-state index < -0.39 is 0 Å². The Morgan fingerprint density at radius 2 is 1.59 bits per heavy atom. The maximum atomic E-state index is 9.24. The molecule has 2 aromatic carbocycles. The molecule has 17 heavy (non-hydrogen) atoms. The third kappa shape index (κ3) is 1.61. The SMILES string of the molecule is N#Cc1sc2ccccc2c1-c1ccccc1. The molecule has 0 bridgehead atoms. The number of benzene rings is 2. The van der Waals surface area contributed by atoms with Crippen molar-refractivity contribution < 1.29 is 0 Å². The van der Waals surface area contributed by atoms with Crippen LogP contribution >= 0.6 is 11.3 Å². The molecule has 0 saturated carbocycles. The summed E-state index contributed by atoms with van der Waals surface area (Å²) in [7, 11) is 0. The Hall–Kier alpha value is -2.11. The first-order valence-electron chi connectivity index (χ1n) is 5.37. The molecule has 0 fully saturated rings. The quantitative estimate of drug-likeness (QED) is 0.611. The van der Waals surface area contributed by atoms with Gasteiger partial charge < -0.3 is 0 Å². The van der Waals surface area contributed by atoms with Crippen LogP contribution in [0.3, 0.4) is 0 Å². The Balaban J connectivity index is 2.39. The zero-order valence-corrected chi connectivity index (χ0v) is 9.87. The highest BCUT2D eigenvalue weighted by Gasteiger charge is 2.12. The van der Waals surface area contributed by atoms with E-state index in [9.17, 15) is 5.26 Å². The van der Waals surface area contributed by atoms with Crippen molar-refractivity contribution in [3.8, 4) is 17.2 Å². The minimum atomic E-state index is 0.789. The van der Waals surface area contributed by atoms with Gasteiger partial charge >= 0.3 is 0 Å². The summed E-state index contributed by atoms with van der Waals surface area (Å²) in [5.74, 6) is 0. The third-order valence-corrected chi connectivity index (χ3v) is 3.83. The third-order valence-electron chi connectivity index (χ3n) is 2.76. The van der Waals surface area contributed by atoms with Crippen LogP contribution in [0, 0.1) is 11.3 Å². The second-order valence-electron chi connectivity index (χ2n) is 3.78. The standard InChI is InChI=1S/C15H9NS/c16-10-14-15(11-6-2-1-3-7-11)12-8-4-5-9-13(12)17-14/h1-9H. The van der Waals surface area contributed by atoms with Crippen molar-refractivity contribution in [3.63, 3.8) is 0 Å². The van der Waals surface area contributed by atoms with Crippen molar-refractivity contribution >= 4 is 21.4 Å². The molecule has 0 aliphatic carbocycles. The van der Waals surface area contributed by atoms with Crippen LogP contribution in [0.1, 0.15) is 4.88 Å². The van der Waals surface area contributed by atoms with Gasteiger partial charge in [-0.05, 0) is 11.6 Å². The maximum Gasteiger partial charge on any atom is 0.113 e.